The van der Waals surface area contributed by atoms with Gasteiger partial charge in [-0.2, -0.15) is 18.3 Å². The molecule has 0 bridgehead atoms. The van der Waals surface area contributed by atoms with Crippen molar-refractivity contribution >= 4 is 11.7 Å². The van der Waals surface area contributed by atoms with E-state index in [-0.39, 0.29) is 23.9 Å². The monoisotopic (exact) mass is 454 g/mol. The van der Waals surface area contributed by atoms with Crippen LogP contribution in [0.1, 0.15) is 47.3 Å². The van der Waals surface area contributed by atoms with Gasteiger partial charge in [-0.1, -0.05) is 6.07 Å². The summed E-state index contributed by atoms with van der Waals surface area (Å²) in [6, 6.07) is 2.36. The minimum absolute atomic E-state index is 0.0307. The third-order valence-corrected chi connectivity index (χ3v) is 5.81. The molecule has 3 unspecified atom stereocenters. The molecule has 1 aromatic carbocycles. The second-order valence-electron chi connectivity index (χ2n) is 7.80. The summed E-state index contributed by atoms with van der Waals surface area (Å²) in [6.45, 7) is 0.941. The molecule has 0 saturated carbocycles. The Balaban J connectivity index is 1.63. The summed E-state index contributed by atoms with van der Waals surface area (Å²) < 4.78 is 58.5. The number of nitrogens with zero attached hydrogens (tertiary/aromatic N) is 2. The summed E-state index contributed by atoms with van der Waals surface area (Å²) in [7, 11) is 2.94. The van der Waals surface area contributed by atoms with Gasteiger partial charge in [-0.25, -0.2) is 4.68 Å². The average molecular weight is 454 g/mol. The maximum absolute atomic E-state index is 13.9. The number of nitrogens with one attached hydrogen (secondary N) is 2. The van der Waals surface area contributed by atoms with E-state index in [9.17, 15) is 18.0 Å². The van der Waals surface area contributed by atoms with Crippen LogP contribution >= 0.6 is 0 Å². The van der Waals surface area contributed by atoms with Crippen LogP contribution in [0.25, 0.3) is 0 Å². The molecule has 3 heterocycles. The Morgan fingerprint density at radius 3 is 2.75 bits per heavy atom. The Morgan fingerprint density at radius 1 is 1.31 bits per heavy atom. The van der Waals surface area contributed by atoms with Gasteiger partial charge in [0.25, 0.3) is 5.91 Å². The van der Waals surface area contributed by atoms with E-state index in [0.29, 0.717) is 30.2 Å². The van der Waals surface area contributed by atoms with Crippen LogP contribution in [-0.2, 0) is 4.74 Å². The lowest BCUT2D eigenvalue weighted by Crippen LogP contribution is -2.37. The van der Waals surface area contributed by atoms with Crippen LogP contribution in [0.4, 0.5) is 19.0 Å². The highest BCUT2D eigenvalue weighted by molar-refractivity contribution is 5.98. The van der Waals surface area contributed by atoms with Crippen LogP contribution in [0.5, 0.6) is 11.5 Å². The number of carbonyl (C=O) groups is 1. The summed E-state index contributed by atoms with van der Waals surface area (Å²) in [5.74, 6) is 0.411. The Bertz CT molecular complexity index is 972. The molecule has 0 radical (unpaired) electrons. The second kappa shape index (κ2) is 8.89. The molecule has 2 aromatic rings. The van der Waals surface area contributed by atoms with Crippen LogP contribution in [-0.4, -0.2) is 55.3 Å². The molecule has 1 amide bonds. The zero-order valence-corrected chi connectivity index (χ0v) is 17.7. The number of benzene rings is 1. The number of ether oxygens (including phenoxy) is 3. The van der Waals surface area contributed by atoms with Crippen molar-refractivity contribution in [3.63, 3.8) is 0 Å². The van der Waals surface area contributed by atoms with Crippen LogP contribution < -0.4 is 20.1 Å². The van der Waals surface area contributed by atoms with E-state index < -0.39 is 24.2 Å². The number of rotatable bonds is 6. The Kier molecular flexibility index (Phi) is 6.18. The summed E-state index contributed by atoms with van der Waals surface area (Å²) in [4.78, 5) is 12.7. The van der Waals surface area contributed by atoms with E-state index in [0.717, 1.165) is 17.5 Å². The van der Waals surface area contributed by atoms with Crippen molar-refractivity contribution in [1.29, 1.82) is 0 Å². The first-order valence-electron chi connectivity index (χ1n) is 10.3. The van der Waals surface area contributed by atoms with E-state index in [1.165, 1.54) is 20.4 Å². The number of hydrogen-bond acceptors (Lipinski definition) is 6. The van der Waals surface area contributed by atoms with Gasteiger partial charge in [-0.05, 0) is 30.5 Å². The first kappa shape index (κ1) is 22.3. The van der Waals surface area contributed by atoms with Gasteiger partial charge >= 0.3 is 6.18 Å². The van der Waals surface area contributed by atoms with Crippen molar-refractivity contribution < 1.29 is 32.2 Å². The zero-order chi connectivity index (χ0) is 22.9. The molecule has 0 aliphatic carbocycles. The zero-order valence-electron chi connectivity index (χ0n) is 17.7. The van der Waals surface area contributed by atoms with E-state index in [4.69, 9.17) is 14.2 Å². The van der Waals surface area contributed by atoms with E-state index in [1.807, 2.05) is 0 Å². The maximum Gasteiger partial charge on any atom is 0.410 e. The fourth-order valence-corrected chi connectivity index (χ4v) is 4.12. The summed E-state index contributed by atoms with van der Waals surface area (Å²) in [5.41, 5.74) is 0.637. The molecule has 0 spiro atoms. The molecule has 1 fully saturated rings. The predicted molar refractivity (Wildman–Crippen MR) is 109 cm³/mol. The molecular formula is C21H25F3N4O4. The standard InChI is InChI=1S/C21H25F3N4O4/c1-30-16-6-5-12(8-17(16)31-2)15-9-18(21(22,23)24)28-19(27-15)14(11-26-28)20(29)25-10-13-4-3-7-32-13/h5-6,8,11,13,15,18,27H,3-4,7,9-10H2,1-2H3,(H,25,29). The van der Waals surface area contributed by atoms with Crippen molar-refractivity contribution in [2.75, 3.05) is 32.7 Å². The van der Waals surface area contributed by atoms with E-state index in [2.05, 4.69) is 15.7 Å². The fourth-order valence-electron chi connectivity index (χ4n) is 4.12. The van der Waals surface area contributed by atoms with E-state index >= 15 is 0 Å². The van der Waals surface area contributed by atoms with Crippen molar-refractivity contribution in [2.24, 2.45) is 0 Å². The summed E-state index contributed by atoms with van der Waals surface area (Å²) >= 11 is 0. The molecule has 2 aliphatic heterocycles. The lowest BCUT2D eigenvalue weighted by Gasteiger charge is -2.34. The molecular weight excluding hydrogens is 429 g/mol. The van der Waals surface area contributed by atoms with Gasteiger partial charge in [0.05, 0.1) is 32.6 Å². The largest absolute Gasteiger partial charge is 0.493 e. The number of methoxy groups -OCH3 is 2. The molecule has 1 aromatic heterocycles. The summed E-state index contributed by atoms with van der Waals surface area (Å²) in [5, 5.41) is 9.71. The molecule has 174 valence electrons. The Morgan fingerprint density at radius 2 is 2.09 bits per heavy atom. The molecule has 3 atom stereocenters. The molecule has 2 N–H and O–H groups in total. The second-order valence-corrected chi connectivity index (χ2v) is 7.80. The first-order valence-corrected chi connectivity index (χ1v) is 10.3. The quantitative estimate of drug-likeness (QED) is 0.695. The lowest BCUT2D eigenvalue weighted by atomic mass is 9.96. The minimum Gasteiger partial charge on any atom is -0.493 e. The van der Waals surface area contributed by atoms with Crippen molar-refractivity contribution in [3.05, 3.63) is 35.5 Å². The van der Waals surface area contributed by atoms with Gasteiger partial charge in [-0.15, -0.1) is 0 Å². The Labute approximate surface area is 183 Å². The number of alkyl halides is 3. The van der Waals surface area contributed by atoms with Crippen LogP contribution in [0.2, 0.25) is 0 Å². The summed E-state index contributed by atoms with van der Waals surface area (Å²) in [6.07, 6.45) is -1.98. The fraction of sp³-hybridized carbons (Fsp3) is 0.524. The molecule has 11 heteroatoms. The topological polar surface area (TPSA) is 86.6 Å². The number of amides is 1. The number of aromatic nitrogens is 2. The lowest BCUT2D eigenvalue weighted by molar-refractivity contribution is -0.173. The average Bonchev–Trinajstić information content (AvgIpc) is 3.45. The van der Waals surface area contributed by atoms with Crippen LogP contribution in [0.3, 0.4) is 0 Å². The number of anilines is 1. The van der Waals surface area contributed by atoms with Gasteiger partial charge in [0.15, 0.2) is 17.5 Å². The molecule has 32 heavy (non-hydrogen) atoms. The smallest absolute Gasteiger partial charge is 0.410 e. The van der Waals surface area contributed by atoms with E-state index in [1.54, 1.807) is 18.2 Å². The molecule has 4 rings (SSSR count). The van der Waals surface area contributed by atoms with Gasteiger partial charge < -0.3 is 24.8 Å². The maximum atomic E-state index is 13.9. The highest BCUT2D eigenvalue weighted by Crippen LogP contribution is 2.45. The van der Waals surface area contributed by atoms with Gasteiger partial charge in [0, 0.05) is 19.6 Å². The molecule has 8 nitrogen and oxygen atoms in total. The number of halogens is 3. The highest BCUT2D eigenvalue weighted by Gasteiger charge is 2.47. The van der Waals surface area contributed by atoms with Crippen LogP contribution in [0, 0.1) is 0 Å². The molecule has 1 saturated heterocycles. The number of fused-ring (bicyclic) bond motifs is 1. The van der Waals surface area contributed by atoms with Gasteiger partial charge in [-0.3, -0.25) is 4.79 Å². The highest BCUT2D eigenvalue weighted by atomic mass is 19.4. The third kappa shape index (κ3) is 4.34. The van der Waals surface area contributed by atoms with Crippen molar-refractivity contribution in [1.82, 2.24) is 15.1 Å². The number of hydrogen-bond donors (Lipinski definition) is 2. The SMILES string of the molecule is COc1ccc(C2CC(C(F)(F)F)n3ncc(C(=O)NCC4CCCO4)c3N2)cc1OC. The normalized spacial score (nSPS) is 22.7. The predicted octanol–water partition coefficient (Wildman–Crippen LogP) is 3.47. The number of carbonyl (C=O) groups excluding carboxylic acids is 1. The van der Waals surface area contributed by atoms with Gasteiger partial charge in [0.2, 0.25) is 0 Å². The minimum atomic E-state index is -4.54. The van der Waals surface area contributed by atoms with Gasteiger partial charge in [0.1, 0.15) is 11.4 Å². The molecule has 2 aliphatic rings. The Hall–Kier alpha value is -2.95. The van der Waals surface area contributed by atoms with Crippen LogP contribution in [0.15, 0.2) is 24.4 Å². The first-order chi connectivity index (χ1) is 15.3. The van der Waals surface area contributed by atoms with Crippen molar-refractivity contribution in [2.45, 2.75) is 43.6 Å². The third-order valence-electron chi connectivity index (χ3n) is 5.81. The van der Waals surface area contributed by atoms with Crippen molar-refractivity contribution in [3.8, 4) is 11.5 Å².